The van der Waals surface area contributed by atoms with Crippen LogP contribution >= 0.6 is 0 Å². The van der Waals surface area contributed by atoms with Gasteiger partial charge in [-0.15, -0.1) is 0 Å². The Labute approximate surface area is 176 Å². The lowest BCUT2D eigenvalue weighted by atomic mass is 9.96. The fraction of sp³-hybridized carbons (Fsp3) is 0.769. The van der Waals surface area contributed by atoms with Gasteiger partial charge in [0, 0.05) is 18.4 Å². The molecule has 0 amide bonds. The van der Waals surface area contributed by atoms with Crippen LogP contribution in [0.1, 0.15) is 108 Å². The highest BCUT2D eigenvalue weighted by Gasteiger charge is 2.28. The molecule has 0 heterocycles. The Balaban J connectivity index is 2.23. The smallest absolute Gasteiger partial charge is 0.114 e. The molecule has 1 aromatic carbocycles. The number of hydrogen-bond acceptors (Lipinski definition) is 1. The van der Waals surface area contributed by atoms with E-state index < -0.39 is 0 Å². The van der Waals surface area contributed by atoms with Crippen molar-refractivity contribution in [1.29, 1.82) is 0 Å². The Morgan fingerprint density at radius 2 is 1.21 bits per heavy atom. The van der Waals surface area contributed by atoms with Crippen LogP contribution in [0.25, 0.3) is 0 Å². The van der Waals surface area contributed by atoms with E-state index in [2.05, 4.69) is 51.4 Å². The molecule has 162 valence electrons. The molecule has 1 rings (SSSR count). The van der Waals surface area contributed by atoms with E-state index >= 15 is 0 Å². The fourth-order valence-electron chi connectivity index (χ4n) is 4.43. The largest absolute Gasteiger partial charge is 0.330 e. The topological polar surface area (TPSA) is 26.0 Å². The van der Waals surface area contributed by atoms with Crippen LogP contribution in [0.5, 0.6) is 0 Å². The van der Waals surface area contributed by atoms with E-state index in [0.29, 0.717) is 6.04 Å². The van der Waals surface area contributed by atoms with Gasteiger partial charge in [-0.2, -0.15) is 0 Å². The normalized spacial score (nSPS) is 13.0. The van der Waals surface area contributed by atoms with Gasteiger partial charge in [-0.25, -0.2) is 0 Å². The lowest BCUT2D eigenvalue weighted by Gasteiger charge is -2.38. The molecule has 0 bridgehead atoms. The van der Waals surface area contributed by atoms with Gasteiger partial charge in [-0.1, -0.05) is 108 Å². The van der Waals surface area contributed by atoms with E-state index in [1.54, 1.807) is 0 Å². The van der Waals surface area contributed by atoms with Gasteiger partial charge >= 0.3 is 0 Å². The van der Waals surface area contributed by atoms with Crippen LogP contribution < -0.4 is 5.73 Å². The summed E-state index contributed by atoms with van der Waals surface area (Å²) in [6.45, 7) is 4.25. The highest BCUT2D eigenvalue weighted by Crippen LogP contribution is 2.31. The predicted octanol–water partition coefficient (Wildman–Crippen LogP) is 7.24. The summed E-state index contributed by atoms with van der Waals surface area (Å²) in [6, 6.07) is 11.7. The third kappa shape index (κ3) is 11.2. The van der Waals surface area contributed by atoms with Crippen molar-refractivity contribution in [3.05, 3.63) is 35.9 Å². The average molecular weight is 390 g/mol. The maximum Gasteiger partial charge on any atom is 0.114 e. The molecular weight excluding hydrogens is 340 g/mol. The number of benzene rings is 1. The Morgan fingerprint density at radius 1 is 0.714 bits per heavy atom. The lowest BCUT2D eigenvalue weighted by Crippen LogP contribution is -2.44. The zero-order valence-electron chi connectivity index (χ0n) is 19.3. The van der Waals surface area contributed by atoms with Crippen molar-refractivity contribution in [3.8, 4) is 0 Å². The van der Waals surface area contributed by atoms with Gasteiger partial charge in [-0.05, 0) is 13.0 Å². The van der Waals surface area contributed by atoms with Gasteiger partial charge in [0.15, 0.2) is 0 Å². The van der Waals surface area contributed by atoms with Gasteiger partial charge in [-0.3, -0.25) is 0 Å². The van der Waals surface area contributed by atoms with Crippen LogP contribution in [-0.2, 0) is 0 Å². The molecule has 0 saturated heterocycles. The zero-order valence-corrected chi connectivity index (χ0v) is 19.3. The summed E-state index contributed by atoms with van der Waals surface area (Å²) in [5.74, 6) is 0. The minimum absolute atomic E-state index is 0.593. The van der Waals surface area contributed by atoms with Crippen molar-refractivity contribution in [2.24, 2.45) is 5.73 Å². The molecule has 0 aliphatic heterocycles. The molecule has 0 saturated carbocycles. The van der Waals surface area contributed by atoms with E-state index in [1.807, 2.05) is 0 Å². The van der Waals surface area contributed by atoms with Crippen molar-refractivity contribution < 1.29 is 4.48 Å². The summed E-state index contributed by atoms with van der Waals surface area (Å²) in [4.78, 5) is 0. The first kappa shape index (κ1) is 25.2. The predicted molar refractivity (Wildman–Crippen MR) is 126 cm³/mol. The molecular formula is C26H49N2+. The van der Waals surface area contributed by atoms with E-state index in [9.17, 15) is 0 Å². The Bertz CT molecular complexity index is 455. The molecule has 2 heteroatoms. The first-order chi connectivity index (χ1) is 13.6. The molecule has 0 spiro atoms. The quantitative estimate of drug-likeness (QED) is 0.208. The first-order valence-electron chi connectivity index (χ1n) is 12.2. The number of rotatable bonds is 18. The molecule has 28 heavy (non-hydrogen) atoms. The third-order valence-corrected chi connectivity index (χ3v) is 6.30. The van der Waals surface area contributed by atoms with Gasteiger partial charge in [0.05, 0.1) is 20.6 Å². The number of quaternary nitrogens is 1. The van der Waals surface area contributed by atoms with Gasteiger partial charge in [0.25, 0.3) is 0 Å². The summed E-state index contributed by atoms with van der Waals surface area (Å²) >= 11 is 0. The monoisotopic (exact) mass is 389 g/mol. The lowest BCUT2D eigenvalue weighted by molar-refractivity contribution is -0.921. The Hall–Kier alpha value is -0.860. The van der Waals surface area contributed by atoms with Crippen molar-refractivity contribution in [2.45, 2.75) is 103 Å². The van der Waals surface area contributed by atoms with Crippen LogP contribution in [0.2, 0.25) is 0 Å². The summed E-state index contributed by atoms with van der Waals surface area (Å²) in [7, 11) is 4.77. The third-order valence-electron chi connectivity index (χ3n) is 6.30. The van der Waals surface area contributed by atoms with Crippen molar-refractivity contribution in [3.63, 3.8) is 0 Å². The van der Waals surface area contributed by atoms with Gasteiger partial charge in [0.2, 0.25) is 0 Å². The van der Waals surface area contributed by atoms with Gasteiger partial charge in [0.1, 0.15) is 6.04 Å². The second-order valence-corrected chi connectivity index (χ2v) is 9.25. The van der Waals surface area contributed by atoms with E-state index in [0.717, 1.165) is 24.0 Å². The standard InChI is InChI=1S/C26H49N2/c1-4-5-6-7-8-9-10-11-12-13-14-18-22-26(25-20-16-15-17-21-25)28(2,3)24-19-23-27/h15-17,20-21,26H,4-14,18-19,22-24,27H2,1-3H3/q+1. The zero-order chi connectivity index (χ0) is 20.5. The summed E-state index contributed by atoms with van der Waals surface area (Å²) in [5.41, 5.74) is 7.28. The number of unbranched alkanes of at least 4 members (excludes halogenated alkanes) is 11. The highest BCUT2D eigenvalue weighted by atomic mass is 15.3. The van der Waals surface area contributed by atoms with Crippen molar-refractivity contribution in [1.82, 2.24) is 0 Å². The van der Waals surface area contributed by atoms with E-state index in [1.165, 1.54) is 89.0 Å². The van der Waals surface area contributed by atoms with Crippen LogP contribution in [-0.4, -0.2) is 31.7 Å². The minimum Gasteiger partial charge on any atom is -0.330 e. The maximum absolute atomic E-state index is 5.78. The van der Waals surface area contributed by atoms with Crippen molar-refractivity contribution >= 4 is 0 Å². The molecule has 1 unspecified atom stereocenters. The molecule has 0 aliphatic carbocycles. The Kier molecular flexibility index (Phi) is 14.4. The van der Waals surface area contributed by atoms with Crippen LogP contribution in [0.3, 0.4) is 0 Å². The summed E-state index contributed by atoms with van der Waals surface area (Å²) in [6.07, 6.45) is 19.4. The van der Waals surface area contributed by atoms with Crippen molar-refractivity contribution in [2.75, 3.05) is 27.2 Å². The molecule has 2 nitrogen and oxygen atoms in total. The molecule has 2 N–H and O–H groups in total. The first-order valence-corrected chi connectivity index (χ1v) is 12.2. The van der Waals surface area contributed by atoms with Crippen LogP contribution in [0, 0.1) is 0 Å². The van der Waals surface area contributed by atoms with E-state index in [4.69, 9.17) is 5.73 Å². The second-order valence-electron chi connectivity index (χ2n) is 9.25. The second kappa shape index (κ2) is 16.0. The molecule has 1 aromatic rings. The molecule has 0 fully saturated rings. The molecule has 0 aromatic heterocycles. The molecule has 0 aliphatic rings. The highest BCUT2D eigenvalue weighted by molar-refractivity contribution is 5.17. The summed E-state index contributed by atoms with van der Waals surface area (Å²) < 4.78 is 1.05. The fourth-order valence-corrected chi connectivity index (χ4v) is 4.43. The van der Waals surface area contributed by atoms with Crippen LogP contribution in [0.15, 0.2) is 30.3 Å². The Morgan fingerprint density at radius 3 is 1.71 bits per heavy atom. The van der Waals surface area contributed by atoms with Crippen LogP contribution in [0.4, 0.5) is 0 Å². The van der Waals surface area contributed by atoms with Gasteiger partial charge < -0.3 is 10.2 Å². The van der Waals surface area contributed by atoms with E-state index in [-0.39, 0.29) is 0 Å². The molecule has 0 radical (unpaired) electrons. The number of hydrogen-bond donors (Lipinski definition) is 1. The minimum atomic E-state index is 0.593. The summed E-state index contributed by atoms with van der Waals surface area (Å²) in [5, 5.41) is 0. The molecule has 1 atom stereocenters. The maximum atomic E-state index is 5.78. The SMILES string of the molecule is CCCCCCCCCCCCCCC(c1ccccc1)[N+](C)(C)CCCN. The number of nitrogens with zero attached hydrogens (tertiary/aromatic N) is 1. The number of nitrogens with two attached hydrogens (primary N) is 1. The average Bonchev–Trinajstić information content (AvgIpc) is 2.70.